The Hall–Kier alpha value is -1.07. The van der Waals surface area contributed by atoms with Gasteiger partial charge in [0.25, 0.3) is 0 Å². The third-order valence-electron chi connectivity index (χ3n) is 3.84. The third kappa shape index (κ3) is 1.82. The van der Waals surface area contributed by atoms with Crippen molar-refractivity contribution in [2.24, 2.45) is 0 Å². The quantitative estimate of drug-likeness (QED) is 0.771. The van der Waals surface area contributed by atoms with Crippen LogP contribution in [0, 0.1) is 0 Å². The molecule has 1 aromatic rings. The second-order valence-corrected chi connectivity index (χ2v) is 4.90. The zero-order chi connectivity index (χ0) is 12.8. The molecule has 3 rings (SSSR count). The first-order valence-electron chi connectivity index (χ1n) is 6.07. The number of ether oxygens (including phenoxy) is 1. The highest BCUT2D eigenvalue weighted by Crippen LogP contribution is 2.44. The van der Waals surface area contributed by atoms with Crippen LogP contribution in [0.1, 0.15) is 29.5 Å². The van der Waals surface area contributed by atoms with Gasteiger partial charge in [0.2, 0.25) is 0 Å². The van der Waals surface area contributed by atoms with Gasteiger partial charge in [-0.2, -0.15) is 13.2 Å². The van der Waals surface area contributed by atoms with Gasteiger partial charge in [-0.3, -0.25) is 0 Å². The second kappa shape index (κ2) is 3.96. The molecular formula is C13H14F3NO. The Morgan fingerprint density at radius 3 is 2.56 bits per heavy atom. The van der Waals surface area contributed by atoms with Gasteiger partial charge in [0.1, 0.15) is 0 Å². The standard InChI is InChI=1S/C13H14F3NO/c14-13(15,16)10-1-2-11-9(7-10)8-18-12(11)3-5-17-6-4-12/h1-2,7,17H,3-6,8H2. The normalized spacial score (nSPS) is 22.2. The summed E-state index contributed by atoms with van der Waals surface area (Å²) in [5.74, 6) is 0. The Kier molecular flexibility index (Phi) is 2.64. The first-order valence-corrected chi connectivity index (χ1v) is 6.07. The number of nitrogens with one attached hydrogen (secondary N) is 1. The number of hydrogen-bond donors (Lipinski definition) is 1. The number of piperidine rings is 1. The minimum atomic E-state index is -4.28. The number of hydrogen-bond acceptors (Lipinski definition) is 2. The molecule has 98 valence electrons. The number of rotatable bonds is 0. The van der Waals surface area contributed by atoms with Gasteiger partial charge < -0.3 is 10.1 Å². The van der Waals surface area contributed by atoms with E-state index in [0.717, 1.165) is 37.6 Å². The molecule has 0 aliphatic carbocycles. The van der Waals surface area contributed by atoms with Crippen molar-refractivity contribution >= 4 is 0 Å². The zero-order valence-corrected chi connectivity index (χ0v) is 9.81. The SMILES string of the molecule is FC(F)(F)c1ccc2c(c1)COC21CCNCC1. The van der Waals surface area contributed by atoms with Gasteiger partial charge in [0.05, 0.1) is 17.8 Å². The van der Waals surface area contributed by atoms with E-state index in [2.05, 4.69) is 5.32 Å². The predicted molar refractivity (Wildman–Crippen MR) is 60.0 cm³/mol. The summed E-state index contributed by atoms with van der Waals surface area (Å²) in [7, 11) is 0. The van der Waals surface area contributed by atoms with Crippen molar-refractivity contribution in [3.63, 3.8) is 0 Å². The number of alkyl halides is 3. The summed E-state index contributed by atoms with van der Waals surface area (Å²) < 4.78 is 43.7. The molecule has 5 heteroatoms. The van der Waals surface area contributed by atoms with E-state index in [1.54, 1.807) is 6.07 Å². The van der Waals surface area contributed by atoms with E-state index in [0.29, 0.717) is 12.2 Å². The van der Waals surface area contributed by atoms with Crippen molar-refractivity contribution in [2.75, 3.05) is 13.1 Å². The van der Waals surface area contributed by atoms with Crippen LogP contribution < -0.4 is 5.32 Å². The fraction of sp³-hybridized carbons (Fsp3) is 0.538. The summed E-state index contributed by atoms with van der Waals surface area (Å²) in [6.45, 7) is 1.99. The molecule has 2 heterocycles. The number of benzene rings is 1. The monoisotopic (exact) mass is 257 g/mol. The van der Waals surface area contributed by atoms with Crippen LogP contribution >= 0.6 is 0 Å². The average molecular weight is 257 g/mol. The van der Waals surface area contributed by atoms with Crippen molar-refractivity contribution in [3.05, 3.63) is 34.9 Å². The van der Waals surface area contributed by atoms with Crippen LogP contribution in [0.2, 0.25) is 0 Å². The molecule has 18 heavy (non-hydrogen) atoms. The lowest BCUT2D eigenvalue weighted by Gasteiger charge is -2.34. The van der Waals surface area contributed by atoms with E-state index >= 15 is 0 Å². The van der Waals surface area contributed by atoms with Crippen LogP contribution in [0.15, 0.2) is 18.2 Å². The maximum absolute atomic E-state index is 12.6. The zero-order valence-electron chi connectivity index (χ0n) is 9.81. The molecule has 0 radical (unpaired) electrons. The van der Waals surface area contributed by atoms with Gasteiger partial charge in [-0.15, -0.1) is 0 Å². The molecule has 0 amide bonds. The Balaban J connectivity index is 1.98. The minimum Gasteiger partial charge on any atom is -0.365 e. The Morgan fingerprint density at radius 1 is 1.17 bits per heavy atom. The Labute approximate surface area is 103 Å². The molecule has 0 aromatic heterocycles. The molecule has 0 saturated carbocycles. The summed E-state index contributed by atoms with van der Waals surface area (Å²) in [5, 5.41) is 3.24. The summed E-state index contributed by atoms with van der Waals surface area (Å²) >= 11 is 0. The topological polar surface area (TPSA) is 21.3 Å². The number of halogens is 3. The lowest BCUT2D eigenvalue weighted by molar-refractivity contribution is -0.137. The molecule has 1 fully saturated rings. The first kappa shape index (κ1) is 12.0. The van der Waals surface area contributed by atoms with Gasteiger partial charge >= 0.3 is 6.18 Å². The summed E-state index contributed by atoms with van der Waals surface area (Å²) in [4.78, 5) is 0. The lowest BCUT2D eigenvalue weighted by Crippen LogP contribution is -2.39. The van der Waals surface area contributed by atoms with E-state index in [9.17, 15) is 13.2 Å². The highest BCUT2D eigenvalue weighted by molar-refractivity contribution is 5.40. The predicted octanol–water partition coefficient (Wildman–Crippen LogP) is 2.81. The van der Waals surface area contributed by atoms with E-state index in [1.807, 2.05) is 0 Å². The molecule has 2 nitrogen and oxygen atoms in total. The summed E-state index contributed by atoms with van der Waals surface area (Å²) in [5.41, 5.74) is 0.685. The molecule has 1 aromatic carbocycles. The minimum absolute atomic E-state index is 0.291. The van der Waals surface area contributed by atoms with Crippen LogP contribution in [0.25, 0.3) is 0 Å². The third-order valence-corrected chi connectivity index (χ3v) is 3.84. The van der Waals surface area contributed by atoms with Gasteiger partial charge in [-0.25, -0.2) is 0 Å². The maximum atomic E-state index is 12.6. The summed E-state index contributed by atoms with van der Waals surface area (Å²) in [6.07, 6.45) is -2.63. The van der Waals surface area contributed by atoms with Crippen LogP contribution in [0.4, 0.5) is 13.2 Å². The van der Waals surface area contributed by atoms with Gasteiger partial charge in [0.15, 0.2) is 0 Å². The van der Waals surface area contributed by atoms with Crippen LogP contribution in [0.5, 0.6) is 0 Å². The Morgan fingerprint density at radius 2 is 1.89 bits per heavy atom. The molecule has 2 aliphatic rings. The van der Waals surface area contributed by atoms with E-state index in [4.69, 9.17) is 4.74 Å². The lowest BCUT2D eigenvalue weighted by atomic mass is 9.84. The maximum Gasteiger partial charge on any atom is 0.416 e. The van der Waals surface area contributed by atoms with Crippen LogP contribution in [-0.4, -0.2) is 13.1 Å². The molecule has 1 N–H and O–H groups in total. The van der Waals surface area contributed by atoms with Gasteiger partial charge in [0, 0.05) is 0 Å². The second-order valence-electron chi connectivity index (χ2n) is 4.90. The van der Waals surface area contributed by atoms with Gasteiger partial charge in [-0.1, -0.05) is 6.07 Å². The Bertz CT molecular complexity index is 464. The van der Waals surface area contributed by atoms with Crippen LogP contribution in [-0.2, 0) is 23.1 Å². The average Bonchev–Trinajstić information content (AvgIpc) is 2.68. The smallest absolute Gasteiger partial charge is 0.365 e. The van der Waals surface area contributed by atoms with Gasteiger partial charge in [-0.05, 0) is 49.2 Å². The highest BCUT2D eigenvalue weighted by Gasteiger charge is 2.42. The van der Waals surface area contributed by atoms with E-state index < -0.39 is 11.7 Å². The molecule has 1 saturated heterocycles. The summed E-state index contributed by atoms with van der Waals surface area (Å²) in [6, 6.07) is 3.99. The highest BCUT2D eigenvalue weighted by atomic mass is 19.4. The fourth-order valence-electron chi connectivity index (χ4n) is 2.87. The van der Waals surface area contributed by atoms with Crippen molar-refractivity contribution in [3.8, 4) is 0 Å². The molecule has 0 bridgehead atoms. The molecule has 0 atom stereocenters. The van der Waals surface area contributed by atoms with E-state index in [-0.39, 0.29) is 5.60 Å². The molecule has 0 unspecified atom stereocenters. The van der Waals surface area contributed by atoms with Crippen molar-refractivity contribution in [1.29, 1.82) is 0 Å². The van der Waals surface area contributed by atoms with E-state index in [1.165, 1.54) is 6.07 Å². The largest absolute Gasteiger partial charge is 0.416 e. The van der Waals surface area contributed by atoms with Crippen molar-refractivity contribution < 1.29 is 17.9 Å². The van der Waals surface area contributed by atoms with Crippen molar-refractivity contribution in [2.45, 2.75) is 31.2 Å². The molecule has 1 spiro atoms. The molecular weight excluding hydrogens is 243 g/mol. The first-order chi connectivity index (χ1) is 8.51. The fourth-order valence-corrected chi connectivity index (χ4v) is 2.87. The van der Waals surface area contributed by atoms with Crippen LogP contribution in [0.3, 0.4) is 0 Å². The van der Waals surface area contributed by atoms with Crippen molar-refractivity contribution in [1.82, 2.24) is 5.32 Å². The number of fused-ring (bicyclic) bond motifs is 2. The molecule has 2 aliphatic heterocycles.